The summed E-state index contributed by atoms with van der Waals surface area (Å²) in [6.07, 6.45) is 3.30. The van der Waals surface area contributed by atoms with E-state index in [4.69, 9.17) is 15.2 Å². The highest BCUT2D eigenvalue weighted by Crippen LogP contribution is 2.15. The van der Waals surface area contributed by atoms with E-state index in [-0.39, 0.29) is 12.1 Å². The zero-order chi connectivity index (χ0) is 15.1. The Morgan fingerprint density at radius 2 is 2.14 bits per heavy atom. The lowest BCUT2D eigenvalue weighted by Crippen LogP contribution is -2.50. The van der Waals surface area contributed by atoms with Crippen molar-refractivity contribution in [1.29, 1.82) is 0 Å². The van der Waals surface area contributed by atoms with Crippen molar-refractivity contribution >= 4 is 0 Å². The minimum absolute atomic E-state index is 0.103. The first kappa shape index (κ1) is 16.3. The monoisotopic (exact) mass is 292 g/mol. The number of nitrogens with two attached hydrogens (primary N) is 1. The second-order valence-electron chi connectivity index (χ2n) is 5.76. The third kappa shape index (κ3) is 4.99. The van der Waals surface area contributed by atoms with Crippen LogP contribution in [0.25, 0.3) is 0 Å². The van der Waals surface area contributed by atoms with Gasteiger partial charge in [0.25, 0.3) is 0 Å². The predicted octanol–water partition coefficient (Wildman–Crippen LogP) is 2.07. The molecule has 0 saturated carbocycles. The molecular formula is C17H28N2O2. The number of hydrogen-bond acceptors (Lipinski definition) is 4. The Morgan fingerprint density at radius 1 is 1.38 bits per heavy atom. The van der Waals surface area contributed by atoms with Crippen LogP contribution in [0.1, 0.15) is 25.3 Å². The van der Waals surface area contributed by atoms with Crippen LogP contribution in [0.2, 0.25) is 0 Å². The Bertz CT molecular complexity index is 406. The van der Waals surface area contributed by atoms with E-state index in [1.54, 1.807) is 7.11 Å². The highest BCUT2D eigenvalue weighted by atomic mass is 16.5. The van der Waals surface area contributed by atoms with E-state index in [2.05, 4.69) is 24.0 Å². The van der Waals surface area contributed by atoms with Crippen LogP contribution in [0.5, 0.6) is 5.75 Å². The van der Waals surface area contributed by atoms with Crippen LogP contribution in [-0.2, 0) is 11.2 Å². The predicted molar refractivity (Wildman–Crippen MR) is 85.8 cm³/mol. The third-order valence-electron chi connectivity index (χ3n) is 4.12. The molecule has 1 aromatic carbocycles. The zero-order valence-electron chi connectivity index (χ0n) is 13.3. The maximum atomic E-state index is 6.33. The van der Waals surface area contributed by atoms with Gasteiger partial charge in [-0.25, -0.2) is 0 Å². The smallest absolute Gasteiger partial charge is 0.118 e. The Morgan fingerprint density at radius 3 is 2.81 bits per heavy atom. The van der Waals surface area contributed by atoms with Crippen LogP contribution in [0.4, 0.5) is 0 Å². The summed E-state index contributed by atoms with van der Waals surface area (Å²) in [4.78, 5) is 2.46. The SMILES string of the molecule is CCCN1CCOC(C(N)CCc2ccc(OC)cc2)C1. The first-order valence-electron chi connectivity index (χ1n) is 7.95. The third-order valence-corrected chi connectivity index (χ3v) is 4.12. The van der Waals surface area contributed by atoms with Crippen molar-refractivity contribution in [1.82, 2.24) is 4.90 Å². The molecule has 0 aromatic heterocycles. The fourth-order valence-electron chi connectivity index (χ4n) is 2.82. The van der Waals surface area contributed by atoms with E-state index in [0.29, 0.717) is 0 Å². The molecular weight excluding hydrogens is 264 g/mol. The molecule has 1 aliphatic heterocycles. The molecule has 4 heteroatoms. The van der Waals surface area contributed by atoms with Gasteiger partial charge in [-0.15, -0.1) is 0 Å². The van der Waals surface area contributed by atoms with Gasteiger partial charge in [0.05, 0.1) is 19.8 Å². The second-order valence-corrected chi connectivity index (χ2v) is 5.76. The van der Waals surface area contributed by atoms with E-state index < -0.39 is 0 Å². The van der Waals surface area contributed by atoms with Crippen molar-refractivity contribution in [3.05, 3.63) is 29.8 Å². The first-order valence-corrected chi connectivity index (χ1v) is 7.95. The fourth-order valence-corrected chi connectivity index (χ4v) is 2.82. The van der Waals surface area contributed by atoms with Crippen LogP contribution >= 0.6 is 0 Å². The molecule has 1 heterocycles. The van der Waals surface area contributed by atoms with Crippen molar-refractivity contribution < 1.29 is 9.47 Å². The molecule has 0 spiro atoms. The molecule has 118 valence electrons. The Hall–Kier alpha value is -1.10. The summed E-state index contributed by atoms with van der Waals surface area (Å²) in [5.41, 5.74) is 7.63. The number of ether oxygens (including phenoxy) is 2. The molecule has 2 atom stereocenters. The molecule has 2 rings (SSSR count). The molecule has 1 saturated heterocycles. The molecule has 1 aromatic rings. The number of methoxy groups -OCH3 is 1. The maximum absolute atomic E-state index is 6.33. The Kier molecular flexibility index (Phi) is 6.49. The van der Waals surface area contributed by atoms with Gasteiger partial charge in [0, 0.05) is 19.1 Å². The molecule has 1 fully saturated rings. The number of benzene rings is 1. The van der Waals surface area contributed by atoms with Crippen LogP contribution in [0, 0.1) is 0 Å². The fraction of sp³-hybridized carbons (Fsp3) is 0.647. The molecule has 0 amide bonds. The van der Waals surface area contributed by atoms with Crippen molar-refractivity contribution in [2.75, 3.05) is 33.4 Å². The summed E-state index contributed by atoms with van der Waals surface area (Å²) in [5, 5.41) is 0. The largest absolute Gasteiger partial charge is 0.497 e. The van der Waals surface area contributed by atoms with Crippen LogP contribution in [-0.4, -0.2) is 50.4 Å². The second kappa shape index (κ2) is 8.37. The standard InChI is InChI=1S/C17H28N2O2/c1-3-10-19-11-12-21-17(13-19)16(18)9-6-14-4-7-15(20-2)8-5-14/h4-5,7-8,16-17H,3,6,9-13,18H2,1-2H3. The average Bonchev–Trinajstić information content (AvgIpc) is 2.53. The molecule has 21 heavy (non-hydrogen) atoms. The van der Waals surface area contributed by atoms with Crippen LogP contribution < -0.4 is 10.5 Å². The first-order chi connectivity index (χ1) is 10.2. The Labute approximate surface area is 128 Å². The van der Waals surface area contributed by atoms with Gasteiger partial charge in [-0.1, -0.05) is 19.1 Å². The van der Waals surface area contributed by atoms with Crippen LogP contribution in [0.15, 0.2) is 24.3 Å². The molecule has 0 radical (unpaired) electrons. The molecule has 1 aliphatic rings. The van der Waals surface area contributed by atoms with E-state index >= 15 is 0 Å². The quantitative estimate of drug-likeness (QED) is 0.836. The van der Waals surface area contributed by atoms with Gasteiger partial charge in [0.15, 0.2) is 0 Å². The van der Waals surface area contributed by atoms with Crippen LogP contribution in [0.3, 0.4) is 0 Å². The average molecular weight is 292 g/mol. The number of morpholine rings is 1. The minimum atomic E-state index is 0.103. The minimum Gasteiger partial charge on any atom is -0.497 e. The van der Waals surface area contributed by atoms with Gasteiger partial charge < -0.3 is 15.2 Å². The van der Waals surface area contributed by atoms with Gasteiger partial charge in [0.1, 0.15) is 5.75 Å². The number of aryl methyl sites for hydroxylation is 1. The zero-order valence-corrected chi connectivity index (χ0v) is 13.3. The van der Waals surface area contributed by atoms with Gasteiger partial charge in [0.2, 0.25) is 0 Å². The highest BCUT2D eigenvalue weighted by Gasteiger charge is 2.25. The van der Waals surface area contributed by atoms with E-state index in [1.807, 2.05) is 12.1 Å². The molecule has 0 aliphatic carbocycles. The van der Waals surface area contributed by atoms with Gasteiger partial charge in [-0.3, -0.25) is 4.90 Å². The number of hydrogen-bond donors (Lipinski definition) is 1. The summed E-state index contributed by atoms with van der Waals surface area (Å²) >= 11 is 0. The molecule has 2 unspecified atom stereocenters. The molecule has 2 N–H and O–H groups in total. The van der Waals surface area contributed by atoms with Crippen molar-refractivity contribution in [3.63, 3.8) is 0 Å². The van der Waals surface area contributed by atoms with Crippen molar-refractivity contribution in [2.45, 2.75) is 38.3 Å². The molecule has 0 bridgehead atoms. The van der Waals surface area contributed by atoms with Gasteiger partial charge >= 0.3 is 0 Å². The summed E-state index contributed by atoms with van der Waals surface area (Å²) in [6.45, 7) is 6.17. The topological polar surface area (TPSA) is 47.7 Å². The van der Waals surface area contributed by atoms with Gasteiger partial charge in [-0.05, 0) is 43.5 Å². The summed E-state index contributed by atoms with van der Waals surface area (Å²) in [7, 11) is 1.69. The summed E-state index contributed by atoms with van der Waals surface area (Å²) < 4.78 is 11.0. The summed E-state index contributed by atoms with van der Waals surface area (Å²) in [6, 6.07) is 8.32. The van der Waals surface area contributed by atoms with E-state index in [9.17, 15) is 0 Å². The molecule has 4 nitrogen and oxygen atoms in total. The lowest BCUT2D eigenvalue weighted by Gasteiger charge is -2.35. The lowest BCUT2D eigenvalue weighted by molar-refractivity contribution is -0.0412. The maximum Gasteiger partial charge on any atom is 0.118 e. The van der Waals surface area contributed by atoms with E-state index in [1.165, 1.54) is 12.0 Å². The van der Waals surface area contributed by atoms with Crippen molar-refractivity contribution in [2.24, 2.45) is 5.73 Å². The highest BCUT2D eigenvalue weighted by molar-refractivity contribution is 5.27. The summed E-state index contributed by atoms with van der Waals surface area (Å²) in [5.74, 6) is 0.897. The lowest BCUT2D eigenvalue weighted by atomic mass is 10.0. The van der Waals surface area contributed by atoms with Crippen molar-refractivity contribution in [3.8, 4) is 5.75 Å². The normalized spacial score (nSPS) is 21.2. The van der Waals surface area contributed by atoms with E-state index in [0.717, 1.165) is 44.8 Å². The number of rotatable bonds is 7. The van der Waals surface area contributed by atoms with Gasteiger partial charge in [-0.2, -0.15) is 0 Å². The Balaban J connectivity index is 1.78. The number of nitrogens with zero attached hydrogens (tertiary/aromatic N) is 1.